The lowest BCUT2D eigenvalue weighted by molar-refractivity contribution is -0.121. The molecule has 1 heterocycles. The first-order chi connectivity index (χ1) is 16.0. The van der Waals surface area contributed by atoms with Crippen molar-refractivity contribution in [2.45, 2.75) is 32.9 Å². The van der Waals surface area contributed by atoms with Gasteiger partial charge in [-0.2, -0.15) is 0 Å². The number of carbonyl (C=O) groups excluding carboxylic acids is 1. The molecule has 0 bridgehead atoms. The van der Waals surface area contributed by atoms with Crippen LogP contribution < -0.4 is 10.2 Å². The second-order valence-electron chi connectivity index (χ2n) is 8.28. The van der Waals surface area contributed by atoms with Gasteiger partial charge in [0.15, 0.2) is 5.82 Å². The maximum Gasteiger partial charge on any atom is 0.221 e. The van der Waals surface area contributed by atoms with E-state index in [0.29, 0.717) is 25.3 Å². The number of benzene rings is 3. The Labute approximate surface area is 203 Å². The van der Waals surface area contributed by atoms with Crippen molar-refractivity contribution >= 4 is 38.6 Å². The number of nitrogens with one attached hydrogen (secondary N) is 1. The molecule has 5 nitrogen and oxygen atoms in total. The summed E-state index contributed by atoms with van der Waals surface area (Å²) in [6, 6.07) is 26.4. The normalized spacial score (nSPS) is 11.0. The molecule has 0 atom stereocenters. The third kappa shape index (κ3) is 5.96. The molecule has 1 amide bonds. The number of rotatable bonds is 8. The summed E-state index contributed by atoms with van der Waals surface area (Å²) >= 11 is 3.55. The molecule has 4 aromatic rings. The third-order valence-corrected chi connectivity index (χ3v) is 5.73. The summed E-state index contributed by atoms with van der Waals surface area (Å²) in [7, 11) is 0. The first kappa shape index (κ1) is 22.9. The predicted molar refractivity (Wildman–Crippen MR) is 138 cm³/mol. The van der Waals surface area contributed by atoms with Crippen molar-refractivity contribution in [1.82, 2.24) is 15.3 Å². The molecule has 0 spiro atoms. The van der Waals surface area contributed by atoms with E-state index in [1.54, 1.807) is 0 Å². The van der Waals surface area contributed by atoms with Crippen molar-refractivity contribution in [3.63, 3.8) is 0 Å². The van der Waals surface area contributed by atoms with Gasteiger partial charge in [0, 0.05) is 41.0 Å². The van der Waals surface area contributed by atoms with Gasteiger partial charge in [-0.1, -0.05) is 70.5 Å². The maximum absolute atomic E-state index is 12.5. The van der Waals surface area contributed by atoms with Crippen LogP contribution in [0.25, 0.3) is 22.3 Å². The number of nitrogens with zero attached hydrogens (tertiary/aromatic N) is 3. The molecule has 0 unspecified atom stereocenters. The summed E-state index contributed by atoms with van der Waals surface area (Å²) in [6.45, 7) is 5.14. The zero-order chi connectivity index (χ0) is 23.2. The van der Waals surface area contributed by atoms with E-state index in [1.807, 2.05) is 80.6 Å². The lowest BCUT2D eigenvalue weighted by atomic mass is 10.1. The number of aromatic nitrogens is 2. The number of para-hydroxylation sites is 1. The van der Waals surface area contributed by atoms with Crippen LogP contribution in [0.4, 0.5) is 5.82 Å². The Kier molecular flexibility index (Phi) is 7.35. The van der Waals surface area contributed by atoms with E-state index in [0.717, 1.165) is 32.3 Å². The summed E-state index contributed by atoms with van der Waals surface area (Å²) in [5.74, 6) is 1.53. The Morgan fingerprint density at radius 2 is 1.73 bits per heavy atom. The molecule has 0 aliphatic heterocycles. The van der Waals surface area contributed by atoms with Crippen LogP contribution >= 0.6 is 15.9 Å². The first-order valence-corrected chi connectivity index (χ1v) is 11.9. The Balaban J connectivity index is 1.77. The van der Waals surface area contributed by atoms with Gasteiger partial charge in [-0.15, -0.1) is 0 Å². The molecule has 0 radical (unpaired) electrons. The molecular weight excluding hydrogens is 476 g/mol. The van der Waals surface area contributed by atoms with Crippen molar-refractivity contribution in [3.05, 3.63) is 88.9 Å². The number of anilines is 1. The minimum atomic E-state index is 0.0358. The SMILES string of the molecule is CC(C)NC(=O)CCN(Cc1ccccc1)c1nc(-c2cccc(Br)c2)nc2ccccc12. The largest absolute Gasteiger partial charge is 0.354 e. The number of amides is 1. The van der Waals surface area contributed by atoms with Gasteiger partial charge in [0.2, 0.25) is 5.91 Å². The van der Waals surface area contributed by atoms with E-state index >= 15 is 0 Å². The first-order valence-electron chi connectivity index (χ1n) is 11.1. The quantitative estimate of drug-likeness (QED) is 0.321. The van der Waals surface area contributed by atoms with Crippen LogP contribution in [0.3, 0.4) is 0 Å². The molecule has 0 aliphatic carbocycles. The summed E-state index contributed by atoms with van der Waals surface area (Å²) in [6.07, 6.45) is 0.384. The van der Waals surface area contributed by atoms with Crippen molar-refractivity contribution in [2.75, 3.05) is 11.4 Å². The molecule has 0 fully saturated rings. The van der Waals surface area contributed by atoms with Gasteiger partial charge in [0.25, 0.3) is 0 Å². The van der Waals surface area contributed by atoms with Crippen molar-refractivity contribution in [2.24, 2.45) is 0 Å². The molecule has 0 saturated heterocycles. The fraction of sp³-hybridized carbons (Fsp3) is 0.222. The molecule has 1 N–H and O–H groups in total. The highest BCUT2D eigenvalue weighted by molar-refractivity contribution is 9.10. The van der Waals surface area contributed by atoms with Crippen LogP contribution in [0.1, 0.15) is 25.8 Å². The molecule has 6 heteroatoms. The van der Waals surface area contributed by atoms with E-state index in [-0.39, 0.29) is 11.9 Å². The highest BCUT2D eigenvalue weighted by atomic mass is 79.9. The van der Waals surface area contributed by atoms with E-state index in [9.17, 15) is 4.79 Å². The molecule has 0 saturated carbocycles. The smallest absolute Gasteiger partial charge is 0.221 e. The van der Waals surface area contributed by atoms with Crippen molar-refractivity contribution < 1.29 is 4.79 Å². The van der Waals surface area contributed by atoms with E-state index in [4.69, 9.17) is 9.97 Å². The summed E-state index contributed by atoms with van der Waals surface area (Å²) in [5.41, 5.74) is 2.98. The van der Waals surface area contributed by atoms with Crippen LogP contribution in [-0.2, 0) is 11.3 Å². The van der Waals surface area contributed by atoms with E-state index in [2.05, 4.69) is 38.3 Å². The van der Waals surface area contributed by atoms with Crippen LogP contribution in [0, 0.1) is 0 Å². The standard InChI is InChI=1S/C27H27BrN4O/c1-19(2)29-25(33)15-16-32(18-20-9-4-3-5-10-20)27-23-13-6-7-14-24(23)30-26(31-27)21-11-8-12-22(28)17-21/h3-14,17,19H,15-16,18H2,1-2H3,(H,29,33). The minimum absolute atomic E-state index is 0.0358. The molecule has 1 aromatic heterocycles. The zero-order valence-corrected chi connectivity index (χ0v) is 20.4. The second kappa shape index (κ2) is 10.6. The Morgan fingerprint density at radius 3 is 2.48 bits per heavy atom. The minimum Gasteiger partial charge on any atom is -0.354 e. The average molecular weight is 503 g/mol. The maximum atomic E-state index is 12.5. The predicted octanol–water partition coefficient (Wildman–Crippen LogP) is 5.98. The molecule has 33 heavy (non-hydrogen) atoms. The van der Waals surface area contributed by atoms with Gasteiger partial charge >= 0.3 is 0 Å². The third-order valence-electron chi connectivity index (χ3n) is 5.24. The van der Waals surface area contributed by atoms with E-state index < -0.39 is 0 Å². The topological polar surface area (TPSA) is 58.1 Å². The van der Waals surface area contributed by atoms with Gasteiger partial charge < -0.3 is 10.2 Å². The fourth-order valence-corrected chi connectivity index (χ4v) is 4.15. The number of hydrogen-bond acceptors (Lipinski definition) is 4. The Hall–Kier alpha value is -3.25. The van der Waals surface area contributed by atoms with E-state index in [1.165, 1.54) is 0 Å². The Bertz CT molecular complexity index is 1240. The lowest BCUT2D eigenvalue weighted by Gasteiger charge is -2.26. The second-order valence-corrected chi connectivity index (χ2v) is 9.19. The van der Waals surface area contributed by atoms with Crippen LogP contribution in [-0.4, -0.2) is 28.5 Å². The van der Waals surface area contributed by atoms with Crippen LogP contribution in [0.5, 0.6) is 0 Å². The number of hydrogen-bond donors (Lipinski definition) is 1. The summed E-state index contributed by atoms with van der Waals surface area (Å²) < 4.78 is 0.977. The molecule has 3 aromatic carbocycles. The van der Waals surface area contributed by atoms with Crippen LogP contribution in [0.15, 0.2) is 83.3 Å². The molecule has 4 rings (SSSR count). The number of carbonyl (C=O) groups is 1. The van der Waals surface area contributed by atoms with Gasteiger partial charge in [-0.05, 0) is 43.7 Å². The Morgan fingerprint density at radius 1 is 0.970 bits per heavy atom. The monoisotopic (exact) mass is 502 g/mol. The van der Waals surface area contributed by atoms with Gasteiger partial charge in [-0.25, -0.2) is 9.97 Å². The fourth-order valence-electron chi connectivity index (χ4n) is 3.75. The molecular formula is C27H27BrN4O. The van der Waals surface area contributed by atoms with Gasteiger partial charge in [0.1, 0.15) is 5.82 Å². The number of fused-ring (bicyclic) bond motifs is 1. The number of halogens is 1. The summed E-state index contributed by atoms with van der Waals surface area (Å²) in [4.78, 5) is 24.5. The van der Waals surface area contributed by atoms with Crippen molar-refractivity contribution in [1.29, 1.82) is 0 Å². The van der Waals surface area contributed by atoms with Crippen LogP contribution in [0.2, 0.25) is 0 Å². The zero-order valence-electron chi connectivity index (χ0n) is 18.8. The van der Waals surface area contributed by atoms with Crippen molar-refractivity contribution in [3.8, 4) is 11.4 Å². The molecule has 0 aliphatic rings. The molecule has 168 valence electrons. The lowest BCUT2D eigenvalue weighted by Crippen LogP contribution is -2.34. The highest BCUT2D eigenvalue weighted by Gasteiger charge is 2.17. The van der Waals surface area contributed by atoms with Gasteiger partial charge in [-0.3, -0.25) is 4.79 Å². The summed E-state index contributed by atoms with van der Waals surface area (Å²) in [5, 5.41) is 3.96. The average Bonchev–Trinajstić information content (AvgIpc) is 2.81. The van der Waals surface area contributed by atoms with Gasteiger partial charge in [0.05, 0.1) is 5.52 Å². The highest BCUT2D eigenvalue weighted by Crippen LogP contribution is 2.29.